The zero-order valence-corrected chi connectivity index (χ0v) is 15.6. The maximum atomic E-state index is 12.3. The van der Waals surface area contributed by atoms with Gasteiger partial charge in [0.1, 0.15) is 5.82 Å². The summed E-state index contributed by atoms with van der Waals surface area (Å²) in [6, 6.07) is 6.24. The summed E-state index contributed by atoms with van der Waals surface area (Å²) in [6.45, 7) is 8.18. The summed E-state index contributed by atoms with van der Waals surface area (Å²) in [5, 5.41) is 2.89. The first-order valence-corrected chi connectivity index (χ1v) is 9.70. The maximum absolute atomic E-state index is 12.3. The van der Waals surface area contributed by atoms with Crippen LogP contribution in [0, 0.1) is 18.8 Å². The Hall–Kier alpha value is -2.31. The van der Waals surface area contributed by atoms with Crippen LogP contribution in [0.25, 0.3) is 16.5 Å². The van der Waals surface area contributed by atoms with E-state index in [-0.39, 0.29) is 5.91 Å². The van der Waals surface area contributed by atoms with Crippen molar-refractivity contribution in [2.24, 2.45) is 16.8 Å². The molecule has 2 heterocycles. The fraction of sp³-hybridized carbons (Fsp3) is 0.350. The molecule has 1 aromatic carbocycles. The van der Waals surface area contributed by atoms with E-state index in [4.69, 9.17) is 0 Å². The van der Waals surface area contributed by atoms with Crippen LogP contribution in [0.1, 0.15) is 17.5 Å². The number of carbonyl (C=O) groups excluding carboxylic acids is 1. The molecule has 5 nitrogen and oxygen atoms in total. The molecule has 0 spiro atoms. The molecule has 2 fully saturated rings. The summed E-state index contributed by atoms with van der Waals surface area (Å²) in [5.41, 5.74) is 5.06. The molecule has 1 aliphatic carbocycles. The van der Waals surface area contributed by atoms with E-state index in [1.54, 1.807) is 11.3 Å². The Morgan fingerprint density at radius 1 is 1.46 bits per heavy atom. The summed E-state index contributed by atoms with van der Waals surface area (Å²) in [5.74, 6) is 2.12. The van der Waals surface area contributed by atoms with Crippen molar-refractivity contribution in [2.75, 3.05) is 19.6 Å². The molecule has 0 radical (unpaired) electrons. The standard InChI is InChI=1S/C20H22N4OS/c1-13-3-4-14(18-8-22-12-26-18)5-15(13)7-19(21-2)23-20(25)11-24-9-16-6-17(16)10-24/h3-5,7-8,12,16-17H,2,6,9-11H2,1H3,(H,23,25)/b19-7+. The molecule has 2 aliphatic rings. The van der Waals surface area contributed by atoms with E-state index in [0.29, 0.717) is 12.4 Å². The van der Waals surface area contributed by atoms with Crippen molar-refractivity contribution in [3.63, 3.8) is 0 Å². The van der Waals surface area contributed by atoms with Crippen molar-refractivity contribution >= 4 is 30.0 Å². The Balaban J connectivity index is 1.46. The van der Waals surface area contributed by atoms with E-state index in [2.05, 4.69) is 45.1 Å². The third-order valence-corrected chi connectivity index (χ3v) is 5.97. The van der Waals surface area contributed by atoms with Crippen LogP contribution in [0.2, 0.25) is 0 Å². The van der Waals surface area contributed by atoms with Crippen LogP contribution in [0.15, 0.2) is 40.7 Å². The molecule has 2 aromatic rings. The van der Waals surface area contributed by atoms with Crippen LogP contribution in [0.4, 0.5) is 0 Å². The summed E-state index contributed by atoms with van der Waals surface area (Å²) >= 11 is 1.60. The number of amides is 1. The van der Waals surface area contributed by atoms with Crippen molar-refractivity contribution in [3.8, 4) is 10.4 Å². The summed E-state index contributed by atoms with van der Waals surface area (Å²) in [7, 11) is 0. The molecule has 1 amide bonds. The fourth-order valence-corrected chi connectivity index (χ4v) is 4.21. The number of nitrogens with zero attached hydrogens (tertiary/aromatic N) is 3. The molecule has 134 valence electrons. The van der Waals surface area contributed by atoms with E-state index >= 15 is 0 Å². The van der Waals surface area contributed by atoms with Crippen molar-refractivity contribution in [1.82, 2.24) is 15.2 Å². The van der Waals surface area contributed by atoms with E-state index < -0.39 is 0 Å². The van der Waals surface area contributed by atoms with Gasteiger partial charge in [0.2, 0.25) is 5.91 Å². The molecule has 26 heavy (non-hydrogen) atoms. The number of hydrogen-bond donors (Lipinski definition) is 1. The van der Waals surface area contributed by atoms with Gasteiger partial charge in [-0.1, -0.05) is 12.1 Å². The first-order chi connectivity index (χ1) is 12.6. The van der Waals surface area contributed by atoms with Gasteiger partial charge in [-0.15, -0.1) is 11.3 Å². The molecule has 6 heteroatoms. The molecule has 1 aromatic heterocycles. The molecule has 1 N–H and O–H groups in total. The second kappa shape index (κ2) is 7.13. The van der Waals surface area contributed by atoms with Gasteiger partial charge in [0, 0.05) is 19.3 Å². The minimum Gasteiger partial charge on any atom is -0.310 e. The largest absolute Gasteiger partial charge is 0.310 e. The maximum Gasteiger partial charge on any atom is 0.239 e. The zero-order valence-electron chi connectivity index (χ0n) is 14.8. The lowest BCUT2D eigenvalue weighted by Gasteiger charge is -2.16. The zero-order chi connectivity index (χ0) is 18.1. The molecule has 1 saturated carbocycles. The summed E-state index contributed by atoms with van der Waals surface area (Å²) < 4.78 is 0. The van der Waals surface area contributed by atoms with Crippen LogP contribution in [-0.4, -0.2) is 42.1 Å². The van der Waals surface area contributed by atoms with Crippen molar-refractivity contribution < 1.29 is 4.79 Å². The number of carbonyl (C=O) groups is 1. The third-order valence-electron chi connectivity index (χ3n) is 5.15. The Morgan fingerprint density at radius 3 is 2.96 bits per heavy atom. The predicted molar refractivity (Wildman–Crippen MR) is 106 cm³/mol. The molecule has 0 bridgehead atoms. The minimum atomic E-state index is -0.0267. The number of benzene rings is 1. The van der Waals surface area contributed by atoms with E-state index in [9.17, 15) is 4.79 Å². The lowest BCUT2D eigenvalue weighted by Crippen LogP contribution is -2.36. The Bertz CT molecular complexity index is 849. The average Bonchev–Trinajstić information content (AvgIpc) is 3.03. The first-order valence-electron chi connectivity index (χ1n) is 8.82. The summed E-state index contributed by atoms with van der Waals surface area (Å²) in [6.07, 6.45) is 5.08. The number of nitrogens with one attached hydrogen (secondary N) is 1. The number of fused-ring (bicyclic) bond motifs is 1. The van der Waals surface area contributed by atoms with Gasteiger partial charge < -0.3 is 5.32 Å². The van der Waals surface area contributed by atoms with Crippen molar-refractivity contribution in [1.29, 1.82) is 0 Å². The van der Waals surface area contributed by atoms with Crippen LogP contribution in [-0.2, 0) is 4.79 Å². The molecule has 1 aliphatic heterocycles. The SMILES string of the molecule is C=N/C(=C\c1cc(-c2cncs2)ccc1C)NC(=O)CN1CC2CC2C1. The lowest BCUT2D eigenvalue weighted by molar-refractivity contribution is -0.121. The van der Waals surface area contributed by atoms with E-state index in [1.807, 2.05) is 24.7 Å². The minimum absolute atomic E-state index is 0.0267. The highest BCUT2D eigenvalue weighted by Gasteiger charge is 2.45. The molecule has 4 rings (SSSR count). The molecular formula is C20H22N4OS. The average molecular weight is 366 g/mol. The van der Waals surface area contributed by atoms with Crippen LogP contribution in [0.3, 0.4) is 0 Å². The Labute approximate surface area is 157 Å². The fourth-order valence-electron chi connectivity index (χ4n) is 3.59. The van der Waals surface area contributed by atoms with Gasteiger partial charge in [0.05, 0.1) is 16.9 Å². The molecular weight excluding hydrogens is 344 g/mol. The normalized spacial score (nSPS) is 22.1. The molecule has 1 saturated heterocycles. The van der Waals surface area contributed by atoms with Gasteiger partial charge in [-0.25, -0.2) is 4.99 Å². The van der Waals surface area contributed by atoms with E-state index in [1.165, 1.54) is 6.42 Å². The predicted octanol–water partition coefficient (Wildman–Crippen LogP) is 3.19. The van der Waals surface area contributed by atoms with Gasteiger partial charge in [-0.05, 0) is 60.7 Å². The molecule has 2 unspecified atom stereocenters. The highest BCUT2D eigenvalue weighted by molar-refractivity contribution is 7.13. The lowest BCUT2D eigenvalue weighted by atomic mass is 10.0. The smallest absolute Gasteiger partial charge is 0.239 e. The number of thiazole rings is 1. The number of aliphatic imine (C=N–C) groups is 1. The van der Waals surface area contributed by atoms with E-state index in [0.717, 1.165) is 46.5 Å². The van der Waals surface area contributed by atoms with Gasteiger partial charge in [0.15, 0.2) is 0 Å². The van der Waals surface area contributed by atoms with Gasteiger partial charge >= 0.3 is 0 Å². The van der Waals surface area contributed by atoms with Crippen LogP contribution >= 0.6 is 11.3 Å². The van der Waals surface area contributed by atoms with Crippen molar-refractivity contribution in [2.45, 2.75) is 13.3 Å². The number of aromatic nitrogens is 1. The van der Waals surface area contributed by atoms with Gasteiger partial charge in [-0.3, -0.25) is 14.7 Å². The number of rotatable bonds is 6. The highest BCUT2D eigenvalue weighted by Crippen LogP contribution is 2.44. The number of hydrogen-bond acceptors (Lipinski definition) is 5. The first kappa shape index (κ1) is 17.1. The second-order valence-electron chi connectivity index (χ2n) is 7.12. The topological polar surface area (TPSA) is 57.6 Å². The number of piperidine rings is 1. The second-order valence-corrected chi connectivity index (χ2v) is 8.01. The Morgan fingerprint density at radius 2 is 2.27 bits per heavy atom. The monoisotopic (exact) mass is 366 g/mol. The highest BCUT2D eigenvalue weighted by atomic mass is 32.1. The number of aryl methyl sites for hydroxylation is 1. The quantitative estimate of drug-likeness (QED) is 0.799. The van der Waals surface area contributed by atoms with Gasteiger partial charge in [0.25, 0.3) is 0 Å². The van der Waals surface area contributed by atoms with Crippen LogP contribution < -0.4 is 5.32 Å². The number of likely N-dealkylation sites (tertiary alicyclic amines) is 1. The Kier molecular flexibility index (Phi) is 4.70. The summed E-state index contributed by atoms with van der Waals surface area (Å²) in [4.78, 5) is 23.8. The molecule has 2 atom stereocenters. The van der Waals surface area contributed by atoms with Crippen molar-refractivity contribution in [3.05, 3.63) is 46.9 Å². The third kappa shape index (κ3) is 3.76. The van der Waals surface area contributed by atoms with Crippen LogP contribution in [0.5, 0.6) is 0 Å². The van der Waals surface area contributed by atoms with Gasteiger partial charge in [-0.2, -0.15) is 0 Å².